The Balaban J connectivity index is 1.45. The van der Waals surface area contributed by atoms with Gasteiger partial charge in [0.15, 0.2) is 5.82 Å². The Morgan fingerprint density at radius 1 is 1.00 bits per heavy atom. The highest BCUT2D eigenvalue weighted by atomic mass is 35.5. The van der Waals surface area contributed by atoms with Crippen LogP contribution in [0.15, 0.2) is 62.5 Å². The number of amides is 2. The Hall–Kier alpha value is -5.01. The highest BCUT2D eigenvalue weighted by molar-refractivity contribution is 7.13. The number of fused-ring (bicyclic) bond motifs is 8. The summed E-state index contributed by atoms with van der Waals surface area (Å²) in [6, 6.07) is 9.66. The first kappa shape index (κ1) is 31.6. The molecule has 5 heterocycles. The number of pyridine rings is 1. The molecule has 11 nitrogen and oxygen atoms in total. The van der Waals surface area contributed by atoms with Crippen molar-refractivity contribution < 1.29 is 32.3 Å². The molecule has 0 fully saturated rings. The normalized spacial score (nSPS) is 12.5. The number of benzene rings is 2. The topological polar surface area (TPSA) is 130 Å². The molecule has 246 valence electrons. The van der Waals surface area contributed by atoms with E-state index in [0.717, 1.165) is 16.4 Å². The monoisotopic (exact) mass is 690 g/mol. The number of rotatable bonds is 3. The average Bonchev–Trinajstić information content (AvgIpc) is 3.69. The third-order valence-electron chi connectivity index (χ3n) is 7.45. The Kier molecular flexibility index (Phi) is 7.25. The number of anilines is 1. The van der Waals surface area contributed by atoms with Crippen LogP contribution in [0.2, 0.25) is 5.02 Å². The zero-order valence-corrected chi connectivity index (χ0v) is 28.2. The van der Waals surface area contributed by atoms with Gasteiger partial charge in [-0.2, -0.15) is 9.27 Å². The molecule has 0 saturated heterocycles. The van der Waals surface area contributed by atoms with Gasteiger partial charge in [-0.05, 0) is 95.0 Å². The van der Waals surface area contributed by atoms with Crippen LogP contribution in [0.3, 0.4) is 0 Å². The van der Waals surface area contributed by atoms with Gasteiger partial charge in [-0.3, -0.25) is 0 Å². The van der Waals surface area contributed by atoms with Crippen molar-refractivity contribution >= 4 is 95.1 Å². The molecule has 0 aliphatic heterocycles. The second-order valence-corrected chi connectivity index (χ2v) is 14.4. The summed E-state index contributed by atoms with van der Waals surface area (Å²) in [6.45, 7) is 10.0. The van der Waals surface area contributed by atoms with Crippen molar-refractivity contribution in [3.8, 4) is 0 Å². The van der Waals surface area contributed by atoms with Gasteiger partial charge in [0.25, 0.3) is 0 Å². The van der Waals surface area contributed by atoms with Crippen molar-refractivity contribution in [2.24, 2.45) is 0 Å². The van der Waals surface area contributed by atoms with Gasteiger partial charge in [0.1, 0.15) is 28.1 Å². The summed E-state index contributed by atoms with van der Waals surface area (Å²) in [7, 11) is 0. The predicted molar refractivity (Wildman–Crippen MR) is 182 cm³/mol. The van der Waals surface area contributed by atoms with E-state index in [4.69, 9.17) is 29.9 Å². The van der Waals surface area contributed by atoms with Crippen LogP contribution in [0.5, 0.6) is 0 Å². The van der Waals surface area contributed by atoms with Crippen LogP contribution in [-0.4, -0.2) is 37.3 Å². The van der Waals surface area contributed by atoms with E-state index in [2.05, 4.69) is 9.36 Å². The SMILES string of the molecule is CC(C)(C)OC(=O)N(C(=O)OC(C)(C)C)c1nsc2cc(Cl)c(Cn3c4cc(F)c5ccoc5c4c4c5cccnc5oc(=O)c43)cc12. The number of aromatic nitrogens is 3. The zero-order chi connectivity index (χ0) is 34.3. The Morgan fingerprint density at radius 2 is 1.71 bits per heavy atom. The molecule has 0 radical (unpaired) electrons. The number of furan rings is 1. The van der Waals surface area contributed by atoms with Gasteiger partial charge in [-0.25, -0.2) is 23.8 Å². The molecule has 0 aliphatic rings. The summed E-state index contributed by atoms with van der Waals surface area (Å²) in [6.07, 6.45) is 0.953. The molecule has 7 rings (SSSR count). The van der Waals surface area contributed by atoms with Crippen LogP contribution in [-0.2, 0) is 16.0 Å². The van der Waals surface area contributed by atoms with Crippen LogP contribution >= 0.6 is 23.1 Å². The van der Waals surface area contributed by atoms with Crippen LogP contribution < -0.4 is 10.5 Å². The van der Waals surface area contributed by atoms with Crippen molar-refractivity contribution in [2.45, 2.75) is 59.3 Å². The fourth-order valence-electron chi connectivity index (χ4n) is 5.65. The summed E-state index contributed by atoms with van der Waals surface area (Å²) in [4.78, 5) is 45.5. The molecule has 0 saturated carbocycles. The number of halogens is 2. The number of nitrogens with zero attached hydrogens (tertiary/aromatic N) is 4. The van der Waals surface area contributed by atoms with E-state index in [0.29, 0.717) is 42.3 Å². The Bertz CT molecular complexity index is 2490. The lowest BCUT2D eigenvalue weighted by atomic mass is 10.1. The molecule has 0 bridgehead atoms. The molecular weight excluding hydrogens is 663 g/mol. The number of carbonyl (C=O) groups is 2. The molecule has 7 aromatic rings. The van der Waals surface area contributed by atoms with E-state index in [-0.39, 0.29) is 34.6 Å². The summed E-state index contributed by atoms with van der Waals surface area (Å²) < 4.78 is 44.6. The Labute approximate surface area is 280 Å². The molecule has 0 unspecified atom stereocenters. The molecule has 0 N–H and O–H groups in total. The van der Waals surface area contributed by atoms with Crippen LogP contribution in [0, 0.1) is 5.82 Å². The van der Waals surface area contributed by atoms with Crippen molar-refractivity contribution in [1.29, 1.82) is 0 Å². The van der Waals surface area contributed by atoms with Crippen LogP contribution in [0.4, 0.5) is 19.8 Å². The van der Waals surface area contributed by atoms with Crippen molar-refractivity contribution in [3.05, 3.63) is 75.7 Å². The van der Waals surface area contributed by atoms with Gasteiger partial charge in [-0.1, -0.05) is 11.6 Å². The number of hydrogen-bond donors (Lipinski definition) is 0. The molecule has 0 spiro atoms. The van der Waals surface area contributed by atoms with E-state index in [1.54, 1.807) is 70.4 Å². The molecule has 14 heteroatoms. The third-order valence-corrected chi connectivity index (χ3v) is 8.60. The molecule has 48 heavy (non-hydrogen) atoms. The van der Waals surface area contributed by atoms with Gasteiger partial charge in [-0.15, -0.1) is 0 Å². The number of ether oxygens (including phenoxy) is 2. The van der Waals surface area contributed by atoms with Crippen LogP contribution in [0.1, 0.15) is 47.1 Å². The molecule has 0 aliphatic carbocycles. The molecule has 5 aromatic heterocycles. The first-order valence-electron chi connectivity index (χ1n) is 14.8. The molecule has 2 amide bonds. The molecule has 0 atom stereocenters. The Morgan fingerprint density at radius 3 is 2.40 bits per heavy atom. The van der Waals surface area contributed by atoms with E-state index in [1.807, 2.05) is 0 Å². The maximum Gasteiger partial charge on any atom is 0.425 e. The van der Waals surface area contributed by atoms with Crippen molar-refractivity contribution in [1.82, 2.24) is 13.9 Å². The first-order valence-corrected chi connectivity index (χ1v) is 16.0. The highest BCUT2D eigenvalue weighted by Gasteiger charge is 2.35. The fraction of sp³-hybridized carbons (Fsp3) is 0.265. The smallest absolute Gasteiger partial charge is 0.425 e. The lowest BCUT2D eigenvalue weighted by Crippen LogP contribution is -2.44. The fourth-order valence-corrected chi connectivity index (χ4v) is 6.72. The van der Waals surface area contributed by atoms with Crippen molar-refractivity contribution in [3.63, 3.8) is 0 Å². The van der Waals surface area contributed by atoms with E-state index >= 15 is 4.39 Å². The average molecular weight is 691 g/mol. The van der Waals surface area contributed by atoms with Gasteiger partial charge in [0.05, 0.1) is 27.3 Å². The maximum absolute atomic E-state index is 15.5. The van der Waals surface area contributed by atoms with E-state index in [1.165, 1.54) is 24.6 Å². The van der Waals surface area contributed by atoms with Gasteiger partial charge in [0.2, 0.25) is 5.71 Å². The third kappa shape index (κ3) is 5.32. The maximum atomic E-state index is 15.5. The first-order chi connectivity index (χ1) is 22.6. The van der Waals surface area contributed by atoms with Gasteiger partial charge < -0.3 is 22.9 Å². The summed E-state index contributed by atoms with van der Waals surface area (Å²) in [5.41, 5.74) is -1.17. The van der Waals surface area contributed by atoms with Crippen molar-refractivity contribution in [2.75, 3.05) is 4.90 Å². The summed E-state index contributed by atoms with van der Waals surface area (Å²) >= 11 is 7.84. The standard InChI is InChI=1S/C34H28ClFN4O7S/c1-33(2,3)46-31(42)40(32(43)47-34(4,5)6)28-19-12-16(20(35)13-23(19)48-38-28)15-39-22-14-21(36)17-9-11-44-27(17)25(22)24-18-8-7-10-37-29(18)45-30(41)26(24)39/h7-14H,15H2,1-6H3. The summed E-state index contributed by atoms with van der Waals surface area (Å²) in [5, 5.41) is 2.49. The molecule has 2 aromatic carbocycles. The molecular formula is C34H28ClFN4O7S. The predicted octanol–water partition coefficient (Wildman–Crippen LogP) is 9.17. The number of imide groups is 1. The van der Waals surface area contributed by atoms with Gasteiger partial charge in [0, 0.05) is 33.9 Å². The minimum atomic E-state index is -0.973. The number of hydrogen-bond acceptors (Lipinski definition) is 10. The minimum absolute atomic E-state index is 0.0152. The second kappa shape index (κ2) is 11.0. The summed E-state index contributed by atoms with van der Waals surface area (Å²) in [5.74, 6) is -0.558. The van der Waals surface area contributed by atoms with E-state index in [9.17, 15) is 14.4 Å². The second-order valence-electron chi connectivity index (χ2n) is 13.2. The largest absolute Gasteiger partial charge is 0.463 e. The number of carbonyl (C=O) groups excluding carboxylic acids is 2. The van der Waals surface area contributed by atoms with Gasteiger partial charge >= 0.3 is 17.8 Å². The lowest BCUT2D eigenvalue weighted by molar-refractivity contribution is 0.0430. The van der Waals surface area contributed by atoms with E-state index < -0.39 is 34.8 Å². The minimum Gasteiger partial charge on any atom is -0.463 e. The zero-order valence-electron chi connectivity index (χ0n) is 26.6. The highest BCUT2D eigenvalue weighted by Crippen LogP contribution is 2.41. The van der Waals surface area contributed by atoms with Crippen LogP contribution in [0.25, 0.3) is 54.0 Å². The quantitative estimate of drug-likeness (QED) is 0.178. The lowest BCUT2D eigenvalue weighted by Gasteiger charge is -2.27.